The molecular weight excluding hydrogens is 202 g/mol. The molecule has 3 heteroatoms. The van der Waals surface area contributed by atoms with Crippen molar-refractivity contribution in [2.45, 2.75) is 25.7 Å². The van der Waals surface area contributed by atoms with Crippen LogP contribution in [-0.2, 0) is 0 Å². The predicted molar refractivity (Wildman–Crippen MR) is 66.2 cm³/mol. The summed E-state index contributed by atoms with van der Waals surface area (Å²) in [6.45, 7) is 2.84. The van der Waals surface area contributed by atoms with Crippen molar-refractivity contribution in [2.24, 2.45) is 5.73 Å². The van der Waals surface area contributed by atoms with Gasteiger partial charge >= 0.3 is 0 Å². The molecule has 0 fully saturated rings. The molecule has 0 aliphatic carbocycles. The van der Waals surface area contributed by atoms with Crippen LogP contribution in [0.1, 0.15) is 31.2 Å². The quantitative estimate of drug-likeness (QED) is 0.806. The standard InChI is InChI=1S/C13H21NO2/c1-4-5-11(9-14)10-6-7-12(15-2)13(8-10)16-3/h6-8,11H,4-5,9,14H2,1-3H3. The molecule has 0 saturated heterocycles. The van der Waals surface area contributed by atoms with Crippen molar-refractivity contribution < 1.29 is 9.47 Å². The number of nitrogens with two attached hydrogens (primary N) is 1. The molecule has 1 aromatic carbocycles. The smallest absolute Gasteiger partial charge is 0.160 e. The fourth-order valence-corrected chi connectivity index (χ4v) is 1.88. The number of methoxy groups -OCH3 is 2. The van der Waals surface area contributed by atoms with E-state index >= 15 is 0 Å². The highest BCUT2D eigenvalue weighted by atomic mass is 16.5. The minimum atomic E-state index is 0.407. The van der Waals surface area contributed by atoms with E-state index in [0.29, 0.717) is 12.5 Å². The maximum absolute atomic E-state index is 5.78. The van der Waals surface area contributed by atoms with Crippen molar-refractivity contribution >= 4 is 0 Å². The van der Waals surface area contributed by atoms with Gasteiger partial charge in [0.15, 0.2) is 11.5 Å². The Morgan fingerprint density at radius 1 is 1.19 bits per heavy atom. The number of ether oxygens (including phenoxy) is 2. The second-order valence-corrected chi connectivity index (χ2v) is 3.84. The van der Waals surface area contributed by atoms with E-state index in [4.69, 9.17) is 15.2 Å². The summed E-state index contributed by atoms with van der Waals surface area (Å²) >= 11 is 0. The first-order valence-corrected chi connectivity index (χ1v) is 5.68. The summed E-state index contributed by atoms with van der Waals surface area (Å²) in [4.78, 5) is 0. The molecule has 1 rings (SSSR count). The first-order valence-electron chi connectivity index (χ1n) is 5.68. The van der Waals surface area contributed by atoms with Crippen molar-refractivity contribution in [3.05, 3.63) is 23.8 Å². The third-order valence-corrected chi connectivity index (χ3v) is 2.80. The van der Waals surface area contributed by atoms with Gasteiger partial charge in [-0.1, -0.05) is 19.4 Å². The summed E-state index contributed by atoms with van der Waals surface area (Å²) in [5.74, 6) is 1.94. The van der Waals surface area contributed by atoms with Gasteiger partial charge in [0.25, 0.3) is 0 Å². The molecule has 0 saturated carbocycles. The summed E-state index contributed by atoms with van der Waals surface area (Å²) in [6.07, 6.45) is 2.24. The van der Waals surface area contributed by atoms with Gasteiger partial charge in [0, 0.05) is 0 Å². The molecule has 90 valence electrons. The number of rotatable bonds is 6. The Morgan fingerprint density at radius 3 is 2.38 bits per heavy atom. The van der Waals surface area contributed by atoms with Gasteiger partial charge < -0.3 is 15.2 Å². The Bertz CT molecular complexity index is 326. The molecule has 0 heterocycles. The third kappa shape index (κ3) is 2.89. The highest BCUT2D eigenvalue weighted by Gasteiger charge is 2.12. The molecule has 0 bridgehead atoms. The average Bonchev–Trinajstić information content (AvgIpc) is 2.35. The highest BCUT2D eigenvalue weighted by molar-refractivity contribution is 5.44. The van der Waals surface area contributed by atoms with Crippen LogP contribution in [0.3, 0.4) is 0 Å². The second kappa shape index (κ2) is 6.38. The van der Waals surface area contributed by atoms with Gasteiger partial charge in [0.2, 0.25) is 0 Å². The normalized spacial score (nSPS) is 12.2. The third-order valence-electron chi connectivity index (χ3n) is 2.80. The highest BCUT2D eigenvalue weighted by Crippen LogP contribution is 2.31. The van der Waals surface area contributed by atoms with E-state index in [1.165, 1.54) is 5.56 Å². The van der Waals surface area contributed by atoms with E-state index < -0.39 is 0 Å². The van der Waals surface area contributed by atoms with E-state index in [1.807, 2.05) is 12.1 Å². The fraction of sp³-hybridized carbons (Fsp3) is 0.538. The largest absolute Gasteiger partial charge is 0.493 e. The lowest BCUT2D eigenvalue weighted by atomic mass is 9.94. The monoisotopic (exact) mass is 223 g/mol. The van der Waals surface area contributed by atoms with E-state index in [2.05, 4.69) is 13.0 Å². The van der Waals surface area contributed by atoms with Gasteiger partial charge in [-0.2, -0.15) is 0 Å². The Hall–Kier alpha value is -1.22. The van der Waals surface area contributed by atoms with Crippen molar-refractivity contribution in [3.8, 4) is 11.5 Å². The molecule has 2 N–H and O–H groups in total. The van der Waals surface area contributed by atoms with Crippen LogP contribution in [0.4, 0.5) is 0 Å². The summed E-state index contributed by atoms with van der Waals surface area (Å²) in [7, 11) is 3.29. The van der Waals surface area contributed by atoms with E-state index in [9.17, 15) is 0 Å². The van der Waals surface area contributed by atoms with Crippen LogP contribution in [0.15, 0.2) is 18.2 Å². The molecule has 0 aromatic heterocycles. The lowest BCUT2D eigenvalue weighted by Crippen LogP contribution is -2.12. The van der Waals surface area contributed by atoms with E-state index in [-0.39, 0.29) is 0 Å². The van der Waals surface area contributed by atoms with Crippen LogP contribution in [0.5, 0.6) is 11.5 Å². The first-order chi connectivity index (χ1) is 7.76. The summed E-state index contributed by atoms with van der Waals surface area (Å²) < 4.78 is 10.5. The Kier molecular flexibility index (Phi) is 5.12. The molecule has 0 aliphatic heterocycles. The Morgan fingerprint density at radius 2 is 1.88 bits per heavy atom. The zero-order valence-corrected chi connectivity index (χ0v) is 10.3. The minimum Gasteiger partial charge on any atom is -0.493 e. The zero-order chi connectivity index (χ0) is 12.0. The zero-order valence-electron chi connectivity index (χ0n) is 10.3. The second-order valence-electron chi connectivity index (χ2n) is 3.84. The van der Waals surface area contributed by atoms with Crippen LogP contribution in [0, 0.1) is 0 Å². The summed E-state index contributed by atoms with van der Waals surface area (Å²) in [5, 5.41) is 0. The molecule has 1 atom stereocenters. The molecule has 0 aliphatic rings. The van der Waals surface area contributed by atoms with Gasteiger partial charge in [-0.15, -0.1) is 0 Å². The average molecular weight is 223 g/mol. The van der Waals surface area contributed by atoms with Gasteiger partial charge in [0.05, 0.1) is 14.2 Å². The van der Waals surface area contributed by atoms with Crippen molar-refractivity contribution in [1.82, 2.24) is 0 Å². The molecule has 0 radical (unpaired) electrons. The van der Waals surface area contributed by atoms with Crippen molar-refractivity contribution in [1.29, 1.82) is 0 Å². The van der Waals surface area contributed by atoms with Gasteiger partial charge in [-0.25, -0.2) is 0 Å². The Balaban J connectivity index is 2.96. The van der Waals surface area contributed by atoms with Crippen LogP contribution in [-0.4, -0.2) is 20.8 Å². The maximum Gasteiger partial charge on any atom is 0.160 e. The van der Waals surface area contributed by atoms with E-state index in [0.717, 1.165) is 24.3 Å². The van der Waals surface area contributed by atoms with Crippen LogP contribution in [0.25, 0.3) is 0 Å². The van der Waals surface area contributed by atoms with Gasteiger partial charge in [-0.05, 0) is 36.6 Å². The summed E-state index contributed by atoms with van der Waals surface area (Å²) in [6, 6.07) is 6.02. The van der Waals surface area contributed by atoms with Crippen molar-refractivity contribution in [3.63, 3.8) is 0 Å². The van der Waals surface area contributed by atoms with Crippen LogP contribution >= 0.6 is 0 Å². The van der Waals surface area contributed by atoms with E-state index in [1.54, 1.807) is 14.2 Å². The minimum absolute atomic E-state index is 0.407. The number of benzene rings is 1. The number of hydrogen-bond donors (Lipinski definition) is 1. The van der Waals surface area contributed by atoms with Gasteiger partial charge in [0.1, 0.15) is 0 Å². The molecule has 0 amide bonds. The number of hydrogen-bond acceptors (Lipinski definition) is 3. The molecule has 0 spiro atoms. The Labute approximate surface area is 97.6 Å². The lowest BCUT2D eigenvalue weighted by Gasteiger charge is -2.16. The van der Waals surface area contributed by atoms with Gasteiger partial charge in [-0.3, -0.25) is 0 Å². The first kappa shape index (κ1) is 12.8. The summed E-state index contributed by atoms with van der Waals surface area (Å²) in [5.41, 5.74) is 7.00. The molecule has 3 nitrogen and oxygen atoms in total. The molecule has 1 aromatic rings. The SMILES string of the molecule is CCCC(CN)c1ccc(OC)c(OC)c1. The predicted octanol–water partition coefficient (Wildman–Crippen LogP) is 2.55. The topological polar surface area (TPSA) is 44.5 Å². The maximum atomic E-state index is 5.78. The van der Waals surface area contributed by atoms with Crippen LogP contribution < -0.4 is 15.2 Å². The molecule has 1 unspecified atom stereocenters. The lowest BCUT2D eigenvalue weighted by molar-refractivity contribution is 0.354. The van der Waals surface area contributed by atoms with Crippen molar-refractivity contribution in [2.75, 3.05) is 20.8 Å². The fourth-order valence-electron chi connectivity index (χ4n) is 1.88. The molecule has 16 heavy (non-hydrogen) atoms. The molecular formula is C13H21NO2. The van der Waals surface area contributed by atoms with Crippen LogP contribution in [0.2, 0.25) is 0 Å².